The van der Waals surface area contributed by atoms with Crippen LogP contribution >= 0.6 is 0 Å². The Morgan fingerprint density at radius 3 is 3.00 bits per heavy atom. The second-order valence-corrected chi connectivity index (χ2v) is 6.96. The summed E-state index contributed by atoms with van der Waals surface area (Å²) in [4.78, 5) is 24.8. The number of rotatable bonds is 4. The van der Waals surface area contributed by atoms with Gasteiger partial charge in [0.15, 0.2) is 5.69 Å². The maximum atomic E-state index is 12.5. The number of hydrogen-bond acceptors (Lipinski definition) is 6. The highest BCUT2D eigenvalue weighted by atomic mass is 16.6. The summed E-state index contributed by atoms with van der Waals surface area (Å²) >= 11 is 0. The molecule has 2 aliphatic rings. The second-order valence-electron chi connectivity index (χ2n) is 6.96. The smallest absolute Gasteiger partial charge is 0.312 e. The maximum Gasteiger partial charge on any atom is 0.312 e. The predicted octanol–water partition coefficient (Wildman–Crippen LogP) is 0.987. The van der Waals surface area contributed by atoms with Crippen LogP contribution in [0.15, 0.2) is 18.2 Å². The molecule has 1 unspecified atom stereocenters. The number of aromatic amines is 1. The van der Waals surface area contributed by atoms with Crippen LogP contribution in [-0.4, -0.2) is 54.9 Å². The number of carbonyl (C=O) groups is 2. The number of carbonyl (C=O) groups excluding carboxylic acids is 2. The van der Waals surface area contributed by atoms with Gasteiger partial charge < -0.3 is 20.1 Å². The molecule has 8 heteroatoms. The number of nitrogens with zero attached hydrogens (tertiary/aromatic N) is 1. The molecule has 1 atom stereocenters. The Labute approximate surface area is 150 Å². The fourth-order valence-corrected chi connectivity index (χ4v) is 3.85. The SMILES string of the molecule is COc1ccc2[nH]nc(C(=O)NCC3CC4(CCNCC4)C(=O)O3)c2c1. The average Bonchev–Trinajstić information content (AvgIpc) is 3.21. The van der Waals surface area contributed by atoms with Crippen molar-refractivity contribution in [3.05, 3.63) is 23.9 Å². The van der Waals surface area contributed by atoms with E-state index in [1.54, 1.807) is 19.2 Å². The monoisotopic (exact) mass is 358 g/mol. The molecule has 4 rings (SSSR count). The zero-order valence-electron chi connectivity index (χ0n) is 14.6. The molecule has 2 aliphatic heterocycles. The van der Waals surface area contributed by atoms with Crippen molar-refractivity contribution in [3.63, 3.8) is 0 Å². The number of amides is 1. The van der Waals surface area contributed by atoms with Crippen molar-refractivity contribution in [1.82, 2.24) is 20.8 Å². The Hall–Kier alpha value is -2.61. The molecule has 0 bridgehead atoms. The van der Waals surface area contributed by atoms with Gasteiger partial charge in [0.05, 0.1) is 24.6 Å². The van der Waals surface area contributed by atoms with Crippen LogP contribution in [0.1, 0.15) is 29.8 Å². The molecule has 1 spiro atoms. The first-order chi connectivity index (χ1) is 12.6. The molecular weight excluding hydrogens is 336 g/mol. The van der Waals surface area contributed by atoms with Gasteiger partial charge in [0.25, 0.3) is 5.91 Å². The molecule has 1 aromatic carbocycles. The highest BCUT2D eigenvalue weighted by molar-refractivity contribution is 6.05. The molecule has 0 saturated carbocycles. The van der Waals surface area contributed by atoms with Crippen LogP contribution in [0.3, 0.4) is 0 Å². The molecule has 0 aliphatic carbocycles. The topological polar surface area (TPSA) is 105 Å². The first kappa shape index (κ1) is 16.8. The van der Waals surface area contributed by atoms with Crippen LogP contribution in [0.2, 0.25) is 0 Å². The molecule has 2 aromatic rings. The number of esters is 1. The summed E-state index contributed by atoms with van der Waals surface area (Å²) < 4.78 is 10.7. The number of fused-ring (bicyclic) bond motifs is 1. The van der Waals surface area contributed by atoms with Gasteiger partial charge in [-0.1, -0.05) is 0 Å². The summed E-state index contributed by atoms with van der Waals surface area (Å²) in [5.41, 5.74) is 0.684. The lowest BCUT2D eigenvalue weighted by Gasteiger charge is -2.29. The Balaban J connectivity index is 1.42. The Kier molecular flexibility index (Phi) is 4.28. The molecule has 8 nitrogen and oxygen atoms in total. The number of methoxy groups -OCH3 is 1. The number of hydrogen-bond donors (Lipinski definition) is 3. The van der Waals surface area contributed by atoms with E-state index < -0.39 is 0 Å². The summed E-state index contributed by atoms with van der Waals surface area (Å²) in [5, 5.41) is 13.8. The quantitative estimate of drug-likeness (QED) is 0.704. The summed E-state index contributed by atoms with van der Waals surface area (Å²) in [6.45, 7) is 1.95. The van der Waals surface area contributed by atoms with E-state index in [9.17, 15) is 9.59 Å². The fraction of sp³-hybridized carbons (Fsp3) is 0.500. The largest absolute Gasteiger partial charge is 0.497 e. The lowest BCUT2D eigenvalue weighted by Crippen LogP contribution is -2.39. The minimum atomic E-state index is -0.382. The molecule has 26 heavy (non-hydrogen) atoms. The number of cyclic esters (lactones) is 1. The summed E-state index contributed by atoms with van der Waals surface area (Å²) in [5.74, 6) is 0.227. The third kappa shape index (κ3) is 2.90. The van der Waals surface area contributed by atoms with E-state index >= 15 is 0 Å². The summed E-state index contributed by atoms with van der Waals surface area (Å²) in [6.07, 6.45) is 1.95. The van der Waals surface area contributed by atoms with Gasteiger partial charge in [-0.15, -0.1) is 0 Å². The van der Waals surface area contributed by atoms with E-state index in [-0.39, 0.29) is 29.9 Å². The van der Waals surface area contributed by atoms with E-state index in [1.165, 1.54) is 0 Å². The zero-order valence-corrected chi connectivity index (χ0v) is 14.6. The van der Waals surface area contributed by atoms with Crippen molar-refractivity contribution in [1.29, 1.82) is 0 Å². The number of ether oxygens (including phenoxy) is 2. The van der Waals surface area contributed by atoms with E-state index in [0.717, 1.165) is 31.4 Å². The van der Waals surface area contributed by atoms with Crippen molar-refractivity contribution in [2.24, 2.45) is 5.41 Å². The summed E-state index contributed by atoms with van der Waals surface area (Å²) in [6, 6.07) is 5.39. The lowest BCUT2D eigenvalue weighted by molar-refractivity contribution is -0.149. The molecule has 3 heterocycles. The van der Waals surface area contributed by atoms with Crippen molar-refractivity contribution in [3.8, 4) is 5.75 Å². The van der Waals surface area contributed by atoms with Crippen LogP contribution < -0.4 is 15.4 Å². The van der Waals surface area contributed by atoms with Crippen LogP contribution in [0.5, 0.6) is 5.75 Å². The Bertz CT molecular complexity index is 841. The fourth-order valence-electron chi connectivity index (χ4n) is 3.85. The molecular formula is C18H22N4O4. The average molecular weight is 358 g/mol. The van der Waals surface area contributed by atoms with Gasteiger partial charge in [0.1, 0.15) is 11.9 Å². The third-order valence-corrected chi connectivity index (χ3v) is 5.36. The van der Waals surface area contributed by atoms with Crippen LogP contribution in [0.4, 0.5) is 0 Å². The Morgan fingerprint density at radius 2 is 2.23 bits per heavy atom. The number of piperidine rings is 1. The Morgan fingerprint density at radius 1 is 1.42 bits per heavy atom. The van der Waals surface area contributed by atoms with Crippen LogP contribution in [0, 0.1) is 5.41 Å². The van der Waals surface area contributed by atoms with Crippen LogP contribution in [-0.2, 0) is 9.53 Å². The zero-order chi connectivity index (χ0) is 18.1. The molecule has 2 saturated heterocycles. The minimum Gasteiger partial charge on any atom is -0.497 e. The van der Waals surface area contributed by atoms with Gasteiger partial charge in [-0.05, 0) is 44.1 Å². The van der Waals surface area contributed by atoms with Crippen molar-refractivity contribution < 1.29 is 19.1 Å². The van der Waals surface area contributed by atoms with E-state index in [2.05, 4.69) is 20.8 Å². The van der Waals surface area contributed by atoms with Crippen LogP contribution in [0.25, 0.3) is 10.9 Å². The number of benzene rings is 1. The molecule has 0 radical (unpaired) electrons. The normalized spacial score (nSPS) is 21.7. The second kappa shape index (κ2) is 6.60. The number of H-pyrrole nitrogens is 1. The molecule has 138 valence electrons. The maximum absolute atomic E-state index is 12.5. The number of aromatic nitrogens is 2. The predicted molar refractivity (Wildman–Crippen MR) is 94.0 cm³/mol. The first-order valence-electron chi connectivity index (χ1n) is 8.83. The van der Waals surface area contributed by atoms with Gasteiger partial charge in [-0.3, -0.25) is 14.7 Å². The lowest BCUT2D eigenvalue weighted by atomic mass is 9.76. The standard InChI is InChI=1S/C18H22N4O4/c1-25-11-2-3-14-13(8-11)15(22-21-14)16(23)20-10-12-9-18(17(24)26-12)4-6-19-7-5-18/h2-3,8,12,19H,4-7,9-10H2,1H3,(H,20,23)(H,21,22). The van der Waals surface area contributed by atoms with Gasteiger partial charge >= 0.3 is 5.97 Å². The van der Waals surface area contributed by atoms with Gasteiger partial charge in [-0.2, -0.15) is 5.10 Å². The van der Waals surface area contributed by atoms with Gasteiger partial charge in [-0.25, -0.2) is 0 Å². The molecule has 1 aromatic heterocycles. The first-order valence-corrected chi connectivity index (χ1v) is 8.83. The molecule has 2 fully saturated rings. The van der Waals surface area contributed by atoms with Gasteiger partial charge in [0, 0.05) is 11.8 Å². The van der Waals surface area contributed by atoms with Gasteiger partial charge in [0.2, 0.25) is 0 Å². The molecule has 3 N–H and O–H groups in total. The highest BCUT2D eigenvalue weighted by Crippen LogP contribution is 2.41. The summed E-state index contributed by atoms with van der Waals surface area (Å²) in [7, 11) is 1.58. The van der Waals surface area contributed by atoms with E-state index in [0.29, 0.717) is 23.3 Å². The van der Waals surface area contributed by atoms with E-state index in [1.807, 2.05) is 6.07 Å². The van der Waals surface area contributed by atoms with Crippen molar-refractivity contribution in [2.75, 3.05) is 26.7 Å². The number of nitrogens with one attached hydrogen (secondary N) is 3. The highest BCUT2D eigenvalue weighted by Gasteiger charge is 2.49. The molecule has 1 amide bonds. The van der Waals surface area contributed by atoms with Crippen molar-refractivity contribution >= 4 is 22.8 Å². The van der Waals surface area contributed by atoms with E-state index in [4.69, 9.17) is 9.47 Å². The van der Waals surface area contributed by atoms with Crippen molar-refractivity contribution in [2.45, 2.75) is 25.4 Å². The third-order valence-electron chi connectivity index (χ3n) is 5.36. The minimum absolute atomic E-state index is 0.131.